The van der Waals surface area contributed by atoms with Crippen LogP contribution in [0.15, 0.2) is 0 Å². The Balaban J connectivity index is 4.80. The lowest BCUT2D eigenvalue weighted by Crippen LogP contribution is -2.52. The van der Waals surface area contributed by atoms with Crippen LogP contribution in [-0.2, 0) is 19.1 Å². The van der Waals surface area contributed by atoms with E-state index >= 15 is 0 Å². The zero-order chi connectivity index (χ0) is 17.5. The Bertz CT molecular complexity index is 401. The topological polar surface area (TPSA) is 84.9 Å². The van der Waals surface area contributed by atoms with Crippen molar-refractivity contribution in [3.05, 3.63) is 0 Å². The fraction of sp³-hybridized carbons (Fsp3) is 0.800. The van der Waals surface area contributed by atoms with Crippen LogP contribution in [0, 0.1) is 5.92 Å². The van der Waals surface area contributed by atoms with Crippen molar-refractivity contribution < 1.29 is 23.9 Å². The summed E-state index contributed by atoms with van der Waals surface area (Å²) in [5.74, 6) is -1.07. The second kappa shape index (κ2) is 8.60. The minimum Gasteiger partial charge on any atom is -0.465 e. The van der Waals surface area contributed by atoms with Gasteiger partial charge in [0.25, 0.3) is 0 Å². The summed E-state index contributed by atoms with van der Waals surface area (Å²) in [5.41, 5.74) is -0.645. The van der Waals surface area contributed by atoms with Gasteiger partial charge in [-0.05, 0) is 33.6 Å². The van der Waals surface area contributed by atoms with Crippen molar-refractivity contribution in [1.82, 2.24) is 10.2 Å². The Morgan fingerprint density at radius 2 is 1.73 bits per heavy atom. The summed E-state index contributed by atoms with van der Waals surface area (Å²) in [6.45, 7) is 10.6. The van der Waals surface area contributed by atoms with Crippen molar-refractivity contribution in [3.8, 4) is 0 Å². The molecule has 0 bridgehead atoms. The fourth-order valence-corrected chi connectivity index (χ4v) is 1.85. The number of likely N-dealkylation sites (N-methyl/N-ethyl adjacent to an activating group) is 1. The van der Waals surface area contributed by atoms with Gasteiger partial charge in [0.2, 0.25) is 5.91 Å². The summed E-state index contributed by atoms with van der Waals surface area (Å²) >= 11 is 0. The largest absolute Gasteiger partial charge is 0.465 e. The first-order valence-corrected chi connectivity index (χ1v) is 7.38. The van der Waals surface area contributed by atoms with E-state index in [-0.39, 0.29) is 19.1 Å². The fourth-order valence-electron chi connectivity index (χ4n) is 1.85. The number of carbonyl (C=O) groups excluding carboxylic acids is 3. The van der Waals surface area contributed by atoms with Crippen LogP contribution >= 0.6 is 0 Å². The number of ether oxygens (including phenoxy) is 2. The molecule has 0 aromatic heterocycles. The van der Waals surface area contributed by atoms with Crippen molar-refractivity contribution in [2.24, 2.45) is 5.92 Å². The molecule has 0 saturated heterocycles. The van der Waals surface area contributed by atoms with Crippen LogP contribution in [0.4, 0.5) is 4.79 Å². The summed E-state index contributed by atoms with van der Waals surface area (Å²) in [6.07, 6.45) is -0.586. The lowest BCUT2D eigenvalue weighted by atomic mass is 10.0. The van der Waals surface area contributed by atoms with Gasteiger partial charge in [-0.2, -0.15) is 0 Å². The summed E-state index contributed by atoms with van der Waals surface area (Å²) < 4.78 is 10.0. The van der Waals surface area contributed by atoms with E-state index in [9.17, 15) is 14.4 Å². The van der Waals surface area contributed by atoms with Gasteiger partial charge in [0.1, 0.15) is 18.2 Å². The Labute approximate surface area is 132 Å². The molecule has 7 heteroatoms. The number of nitrogens with zero attached hydrogens (tertiary/aromatic N) is 1. The summed E-state index contributed by atoms with van der Waals surface area (Å²) in [4.78, 5) is 36.9. The lowest BCUT2D eigenvalue weighted by molar-refractivity contribution is -0.144. The predicted octanol–water partition coefficient (Wildman–Crippen LogP) is 1.56. The second-order valence-corrected chi connectivity index (χ2v) is 6.30. The van der Waals surface area contributed by atoms with Crippen molar-refractivity contribution in [1.29, 1.82) is 0 Å². The van der Waals surface area contributed by atoms with E-state index in [1.54, 1.807) is 27.7 Å². The maximum Gasteiger partial charge on any atom is 0.410 e. The Morgan fingerprint density at radius 3 is 2.14 bits per heavy atom. The molecule has 0 aliphatic rings. The molecule has 1 atom stereocenters. The SMILES string of the molecule is CCOC(=O)CNC(=O)[C@H](C(C)C)N(C)C(=O)OC(C)(C)C. The van der Waals surface area contributed by atoms with Gasteiger partial charge >= 0.3 is 12.1 Å². The Morgan fingerprint density at radius 1 is 1.18 bits per heavy atom. The molecule has 0 rings (SSSR count). The molecule has 0 aromatic carbocycles. The Kier molecular flexibility index (Phi) is 7.90. The second-order valence-electron chi connectivity index (χ2n) is 6.30. The smallest absolute Gasteiger partial charge is 0.410 e. The zero-order valence-corrected chi connectivity index (χ0v) is 14.6. The lowest BCUT2D eigenvalue weighted by Gasteiger charge is -2.32. The molecule has 2 amide bonds. The summed E-state index contributed by atoms with van der Waals surface area (Å²) in [7, 11) is 1.50. The average Bonchev–Trinajstić information content (AvgIpc) is 2.34. The molecular weight excluding hydrogens is 288 g/mol. The van der Waals surface area contributed by atoms with Gasteiger partial charge in [-0.1, -0.05) is 13.8 Å². The maximum absolute atomic E-state index is 12.2. The van der Waals surface area contributed by atoms with Crippen LogP contribution in [0.1, 0.15) is 41.5 Å². The van der Waals surface area contributed by atoms with E-state index in [1.807, 2.05) is 13.8 Å². The highest BCUT2D eigenvalue weighted by Gasteiger charge is 2.32. The van der Waals surface area contributed by atoms with Gasteiger partial charge in [-0.25, -0.2) is 4.79 Å². The summed E-state index contributed by atoms with van der Waals surface area (Å²) in [6, 6.07) is -0.732. The van der Waals surface area contributed by atoms with Gasteiger partial charge < -0.3 is 14.8 Å². The van der Waals surface area contributed by atoms with Crippen molar-refractivity contribution >= 4 is 18.0 Å². The number of amides is 2. The van der Waals surface area contributed by atoms with Gasteiger partial charge in [-0.15, -0.1) is 0 Å². The summed E-state index contributed by atoms with van der Waals surface area (Å²) in [5, 5.41) is 2.48. The minimum absolute atomic E-state index is 0.139. The number of esters is 1. The first kappa shape index (κ1) is 20.2. The highest BCUT2D eigenvalue weighted by molar-refractivity contribution is 5.88. The van der Waals surface area contributed by atoms with E-state index in [0.717, 1.165) is 0 Å². The van der Waals surface area contributed by atoms with Crippen LogP contribution in [0.2, 0.25) is 0 Å². The van der Waals surface area contributed by atoms with E-state index in [1.165, 1.54) is 11.9 Å². The number of rotatable bonds is 6. The molecule has 0 heterocycles. The van der Waals surface area contributed by atoms with Gasteiger partial charge in [0.15, 0.2) is 0 Å². The predicted molar refractivity (Wildman–Crippen MR) is 82.3 cm³/mol. The van der Waals surface area contributed by atoms with Crippen molar-refractivity contribution in [2.45, 2.75) is 53.2 Å². The van der Waals surface area contributed by atoms with Crippen LogP contribution in [0.5, 0.6) is 0 Å². The van der Waals surface area contributed by atoms with Crippen LogP contribution in [0.3, 0.4) is 0 Å². The molecule has 0 aromatic rings. The Hall–Kier alpha value is -1.79. The van der Waals surface area contributed by atoms with E-state index in [2.05, 4.69) is 5.32 Å². The van der Waals surface area contributed by atoms with Gasteiger partial charge in [-0.3, -0.25) is 14.5 Å². The normalized spacial score (nSPS) is 12.5. The van der Waals surface area contributed by atoms with Crippen molar-refractivity contribution in [3.63, 3.8) is 0 Å². The molecule has 22 heavy (non-hydrogen) atoms. The third kappa shape index (κ3) is 7.28. The number of nitrogens with one attached hydrogen (secondary N) is 1. The van der Waals surface area contributed by atoms with Crippen molar-refractivity contribution in [2.75, 3.05) is 20.2 Å². The average molecular weight is 316 g/mol. The quantitative estimate of drug-likeness (QED) is 0.752. The monoisotopic (exact) mass is 316 g/mol. The molecule has 0 spiro atoms. The van der Waals surface area contributed by atoms with E-state index in [4.69, 9.17) is 9.47 Å². The highest BCUT2D eigenvalue weighted by Crippen LogP contribution is 2.15. The number of hydrogen-bond acceptors (Lipinski definition) is 5. The van der Waals surface area contributed by atoms with Crippen LogP contribution < -0.4 is 5.32 Å². The number of carbonyl (C=O) groups is 3. The van der Waals surface area contributed by atoms with Crippen LogP contribution in [-0.4, -0.2) is 54.7 Å². The third-order valence-electron chi connectivity index (χ3n) is 2.71. The molecule has 0 unspecified atom stereocenters. The molecular formula is C15H28N2O5. The first-order chi connectivity index (χ1) is 9.99. The van der Waals surface area contributed by atoms with E-state index in [0.29, 0.717) is 0 Å². The molecule has 128 valence electrons. The minimum atomic E-state index is -0.732. The molecule has 1 N–H and O–H groups in total. The zero-order valence-electron chi connectivity index (χ0n) is 14.6. The standard InChI is InChI=1S/C15H28N2O5/c1-8-21-11(18)9-16-13(19)12(10(2)3)17(7)14(20)22-15(4,5)6/h10,12H,8-9H2,1-7H3,(H,16,19)/t12-/m0/s1. The van der Waals surface area contributed by atoms with Crippen LogP contribution in [0.25, 0.3) is 0 Å². The molecule has 0 aliphatic carbocycles. The molecule has 0 radical (unpaired) electrons. The first-order valence-electron chi connectivity index (χ1n) is 7.38. The highest BCUT2D eigenvalue weighted by atomic mass is 16.6. The van der Waals surface area contributed by atoms with Gasteiger partial charge in [0, 0.05) is 7.05 Å². The molecule has 0 fully saturated rings. The third-order valence-corrected chi connectivity index (χ3v) is 2.71. The van der Waals surface area contributed by atoms with Gasteiger partial charge in [0.05, 0.1) is 6.61 Å². The molecule has 0 saturated carbocycles. The maximum atomic E-state index is 12.2. The molecule has 0 aliphatic heterocycles. The van der Waals surface area contributed by atoms with E-state index < -0.39 is 29.6 Å². The molecule has 7 nitrogen and oxygen atoms in total. The number of hydrogen-bond donors (Lipinski definition) is 1.